The highest BCUT2D eigenvalue weighted by Crippen LogP contribution is 2.42. The summed E-state index contributed by atoms with van der Waals surface area (Å²) >= 11 is 0. The summed E-state index contributed by atoms with van der Waals surface area (Å²) in [7, 11) is 1.77. The Morgan fingerprint density at radius 2 is 2.00 bits per heavy atom. The van der Waals surface area contributed by atoms with Crippen molar-refractivity contribution in [1.29, 1.82) is 0 Å². The zero-order valence-electron chi connectivity index (χ0n) is 16.5. The largest absolute Gasteiger partial charge is 0.341 e. The van der Waals surface area contributed by atoms with Crippen molar-refractivity contribution in [2.24, 2.45) is 0 Å². The molecule has 4 rings (SSSR count). The van der Waals surface area contributed by atoms with E-state index in [0.717, 1.165) is 42.4 Å². The second kappa shape index (κ2) is 6.90. The summed E-state index contributed by atoms with van der Waals surface area (Å²) in [5.74, 6) is 2.72. The number of anilines is 1. The third-order valence-corrected chi connectivity index (χ3v) is 5.84. The van der Waals surface area contributed by atoms with Crippen LogP contribution in [0.1, 0.15) is 74.3 Å². The summed E-state index contributed by atoms with van der Waals surface area (Å²) in [4.78, 5) is 25.8. The first kappa shape index (κ1) is 17.9. The number of hydrogen-bond donors (Lipinski definition) is 0. The van der Waals surface area contributed by atoms with Gasteiger partial charge in [0.2, 0.25) is 5.82 Å². The zero-order valence-corrected chi connectivity index (χ0v) is 16.5. The molecule has 2 aromatic heterocycles. The first-order chi connectivity index (χ1) is 13.1. The number of carbonyl (C=O) groups excluding carboxylic acids is 1. The van der Waals surface area contributed by atoms with Crippen LogP contribution in [0.3, 0.4) is 0 Å². The number of hydrogen-bond acceptors (Lipinski definition) is 6. The summed E-state index contributed by atoms with van der Waals surface area (Å²) < 4.78 is 2.05. The lowest BCUT2D eigenvalue weighted by molar-refractivity contribution is 0.0790. The highest BCUT2D eigenvalue weighted by Gasteiger charge is 2.39. The molecular weight excluding hydrogens is 342 g/mol. The van der Waals surface area contributed by atoms with Gasteiger partial charge in [-0.3, -0.25) is 9.36 Å². The SMILES string of the molecule is CC[C@@H]1c2nnc(C)n2-c2cnc(C(=O)N(C)CC)nc2N1C1CCCC1. The molecule has 8 heteroatoms. The number of nitrogens with zero attached hydrogens (tertiary/aromatic N) is 7. The summed E-state index contributed by atoms with van der Waals surface area (Å²) in [5, 5.41) is 8.78. The molecule has 144 valence electrons. The Labute approximate surface area is 159 Å². The van der Waals surface area contributed by atoms with E-state index in [-0.39, 0.29) is 17.8 Å². The van der Waals surface area contributed by atoms with Gasteiger partial charge in [0.1, 0.15) is 11.5 Å². The zero-order chi connectivity index (χ0) is 19.1. The molecule has 0 radical (unpaired) electrons. The van der Waals surface area contributed by atoms with Gasteiger partial charge in [-0.25, -0.2) is 9.97 Å². The molecule has 27 heavy (non-hydrogen) atoms. The van der Waals surface area contributed by atoms with Crippen LogP contribution in [0.25, 0.3) is 5.69 Å². The molecule has 1 fully saturated rings. The molecular formula is C19H27N7O. The average molecular weight is 369 g/mol. The molecule has 1 aliphatic carbocycles. The Morgan fingerprint density at radius 3 is 2.67 bits per heavy atom. The fraction of sp³-hybridized carbons (Fsp3) is 0.632. The first-order valence-electron chi connectivity index (χ1n) is 9.89. The van der Waals surface area contributed by atoms with E-state index in [4.69, 9.17) is 4.98 Å². The third-order valence-electron chi connectivity index (χ3n) is 5.84. The Morgan fingerprint density at radius 1 is 1.26 bits per heavy atom. The van der Waals surface area contributed by atoms with Gasteiger partial charge in [0, 0.05) is 19.6 Å². The van der Waals surface area contributed by atoms with Crippen molar-refractivity contribution in [3.05, 3.63) is 23.7 Å². The van der Waals surface area contributed by atoms with Crippen LogP contribution in [0.5, 0.6) is 0 Å². The van der Waals surface area contributed by atoms with Crippen LogP contribution < -0.4 is 4.90 Å². The van der Waals surface area contributed by atoms with Crippen molar-refractivity contribution >= 4 is 11.7 Å². The van der Waals surface area contributed by atoms with Gasteiger partial charge in [0.05, 0.1) is 12.2 Å². The predicted molar refractivity (Wildman–Crippen MR) is 102 cm³/mol. The van der Waals surface area contributed by atoms with Crippen LogP contribution >= 0.6 is 0 Å². The topological polar surface area (TPSA) is 80.0 Å². The maximum absolute atomic E-state index is 12.7. The van der Waals surface area contributed by atoms with E-state index in [1.54, 1.807) is 18.1 Å². The number of aryl methyl sites for hydroxylation is 1. The highest BCUT2D eigenvalue weighted by molar-refractivity contribution is 5.91. The smallest absolute Gasteiger partial charge is 0.291 e. The minimum Gasteiger partial charge on any atom is -0.341 e. The average Bonchev–Trinajstić information content (AvgIpc) is 3.35. The number of carbonyl (C=O) groups is 1. The van der Waals surface area contributed by atoms with E-state index < -0.39 is 0 Å². The second-order valence-electron chi connectivity index (χ2n) is 7.43. The Hall–Kier alpha value is -2.51. The van der Waals surface area contributed by atoms with Gasteiger partial charge < -0.3 is 9.80 Å². The van der Waals surface area contributed by atoms with Gasteiger partial charge in [-0.1, -0.05) is 19.8 Å². The predicted octanol–water partition coefficient (Wildman–Crippen LogP) is 2.67. The molecule has 3 heterocycles. The van der Waals surface area contributed by atoms with Crippen LogP contribution in [-0.2, 0) is 0 Å². The lowest BCUT2D eigenvalue weighted by Crippen LogP contribution is -2.42. The van der Waals surface area contributed by atoms with Gasteiger partial charge in [-0.15, -0.1) is 10.2 Å². The normalized spacial score (nSPS) is 19.1. The van der Waals surface area contributed by atoms with Crippen molar-refractivity contribution in [1.82, 2.24) is 29.6 Å². The quantitative estimate of drug-likeness (QED) is 0.824. The summed E-state index contributed by atoms with van der Waals surface area (Å²) in [6.45, 7) is 6.69. The number of fused-ring (bicyclic) bond motifs is 3. The van der Waals surface area contributed by atoms with Crippen molar-refractivity contribution in [3.8, 4) is 5.69 Å². The molecule has 0 saturated heterocycles. The van der Waals surface area contributed by atoms with E-state index in [1.807, 2.05) is 18.4 Å². The van der Waals surface area contributed by atoms with Gasteiger partial charge in [-0.05, 0) is 33.1 Å². The minimum atomic E-state index is -0.147. The van der Waals surface area contributed by atoms with Gasteiger partial charge in [0.25, 0.3) is 5.91 Å². The molecule has 0 aromatic carbocycles. The van der Waals surface area contributed by atoms with E-state index in [1.165, 1.54) is 12.8 Å². The second-order valence-corrected chi connectivity index (χ2v) is 7.43. The van der Waals surface area contributed by atoms with Crippen LogP contribution in [-0.4, -0.2) is 55.2 Å². The number of amides is 1. The number of rotatable bonds is 4. The lowest BCUT2D eigenvalue weighted by Gasteiger charge is -2.41. The fourth-order valence-electron chi connectivity index (χ4n) is 4.28. The summed E-state index contributed by atoms with van der Waals surface area (Å²) in [5.41, 5.74) is 0.875. The summed E-state index contributed by atoms with van der Waals surface area (Å²) in [6.07, 6.45) is 7.42. The van der Waals surface area contributed by atoms with Crippen molar-refractivity contribution in [2.75, 3.05) is 18.5 Å². The van der Waals surface area contributed by atoms with Gasteiger partial charge in [-0.2, -0.15) is 0 Å². The van der Waals surface area contributed by atoms with Crippen molar-refractivity contribution in [3.63, 3.8) is 0 Å². The third kappa shape index (κ3) is 2.78. The van der Waals surface area contributed by atoms with Crippen molar-refractivity contribution in [2.45, 2.75) is 65.0 Å². The minimum absolute atomic E-state index is 0.114. The van der Waals surface area contributed by atoms with E-state index in [2.05, 4.69) is 27.0 Å². The summed E-state index contributed by atoms with van der Waals surface area (Å²) in [6, 6.07) is 0.532. The van der Waals surface area contributed by atoms with Crippen LogP contribution in [0.15, 0.2) is 6.20 Å². The molecule has 2 aliphatic rings. The molecule has 0 N–H and O–H groups in total. The maximum Gasteiger partial charge on any atom is 0.291 e. The Bertz CT molecular complexity index is 856. The molecule has 1 aliphatic heterocycles. The van der Waals surface area contributed by atoms with E-state index in [9.17, 15) is 4.79 Å². The molecule has 0 bridgehead atoms. The molecule has 8 nitrogen and oxygen atoms in total. The number of aromatic nitrogens is 5. The van der Waals surface area contributed by atoms with Crippen molar-refractivity contribution < 1.29 is 4.79 Å². The Kier molecular flexibility index (Phi) is 4.57. The van der Waals surface area contributed by atoms with Crippen LogP contribution in [0, 0.1) is 6.92 Å². The standard InChI is InChI=1S/C19H27N7O/c1-5-14-18-23-22-12(3)25(18)15-11-20-16(19(27)24(4)6-2)21-17(15)26(14)13-9-7-8-10-13/h11,13-14H,5-10H2,1-4H3/t14-/m1/s1. The Balaban J connectivity index is 1.88. The molecule has 0 unspecified atom stereocenters. The molecule has 2 aromatic rings. The first-order valence-corrected chi connectivity index (χ1v) is 9.89. The van der Waals surface area contributed by atoms with E-state index >= 15 is 0 Å². The maximum atomic E-state index is 12.7. The molecule has 1 saturated carbocycles. The fourth-order valence-corrected chi connectivity index (χ4v) is 4.28. The van der Waals surface area contributed by atoms with Crippen LogP contribution in [0.2, 0.25) is 0 Å². The molecule has 1 amide bonds. The van der Waals surface area contributed by atoms with Crippen LogP contribution in [0.4, 0.5) is 5.82 Å². The van der Waals surface area contributed by atoms with Gasteiger partial charge >= 0.3 is 0 Å². The lowest BCUT2D eigenvalue weighted by atomic mass is 10.0. The van der Waals surface area contributed by atoms with Gasteiger partial charge in [0.15, 0.2) is 11.6 Å². The highest BCUT2D eigenvalue weighted by atomic mass is 16.2. The molecule has 1 atom stereocenters. The monoisotopic (exact) mass is 369 g/mol. The molecule has 0 spiro atoms. The van der Waals surface area contributed by atoms with E-state index in [0.29, 0.717) is 12.6 Å².